The van der Waals surface area contributed by atoms with Crippen molar-refractivity contribution in [3.8, 4) is 0 Å². The fourth-order valence-electron chi connectivity index (χ4n) is 2.73. The number of nitrogens with zero attached hydrogens (tertiary/aromatic N) is 3. The molecule has 1 aliphatic heterocycles. The highest BCUT2D eigenvalue weighted by molar-refractivity contribution is 7.89. The number of carboxylic acids is 1. The minimum absolute atomic E-state index is 0.184. The molecule has 1 aromatic rings. The summed E-state index contributed by atoms with van der Waals surface area (Å²) >= 11 is 0. The third-order valence-corrected chi connectivity index (χ3v) is 5.89. The zero-order chi connectivity index (χ0) is 15.0. The normalized spacial score (nSPS) is 18.7. The van der Waals surface area contributed by atoms with Crippen LogP contribution in [0.15, 0.2) is 11.1 Å². The predicted octanol–water partition coefficient (Wildman–Crippen LogP) is 0.705. The Morgan fingerprint density at radius 1 is 1.43 bits per heavy atom. The number of rotatable bonds is 6. The van der Waals surface area contributed by atoms with Gasteiger partial charge in [-0.15, -0.1) is 0 Å². The van der Waals surface area contributed by atoms with Gasteiger partial charge >= 0.3 is 5.97 Å². The first-order valence-electron chi connectivity index (χ1n) is 7.25. The van der Waals surface area contributed by atoms with Crippen LogP contribution in [0.2, 0.25) is 0 Å². The topological polar surface area (TPSA) is 92.5 Å². The van der Waals surface area contributed by atoms with Gasteiger partial charge in [-0.1, -0.05) is 0 Å². The third-order valence-electron chi connectivity index (χ3n) is 4.03. The summed E-state index contributed by atoms with van der Waals surface area (Å²) in [5.41, 5.74) is 0.715. The molecular weight excluding hydrogens is 294 g/mol. The lowest BCUT2D eigenvalue weighted by Gasteiger charge is -2.21. The number of hydrogen-bond donors (Lipinski definition) is 1. The molecule has 1 saturated carbocycles. The first-order valence-corrected chi connectivity index (χ1v) is 8.69. The van der Waals surface area contributed by atoms with Crippen LogP contribution in [0.3, 0.4) is 0 Å². The number of aryl methyl sites for hydroxylation is 1. The van der Waals surface area contributed by atoms with E-state index in [0.29, 0.717) is 24.6 Å². The molecule has 0 unspecified atom stereocenters. The second-order valence-corrected chi connectivity index (χ2v) is 7.68. The summed E-state index contributed by atoms with van der Waals surface area (Å²) in [6, 6.07) is 0. The van der Waals surface area contributed by atoms with Crippen molar-refractivity contribution >= 4 is 16.0 Å². The van der Waals surface area contributed by atoms with Gasteiger partial charge in [-0.25, -0.2) is 8.42 Å². The van der Waals surface area contributed by atoms with Gasteiger partial charge in [-0.3, -0.25) is 9.48 Å². The monoisotopic (exact) mass is 313 g/mol. The van der Waals surface area contributed by atoms with E-state index in [1.807, 2.05) is 0 Å². The van der Waals surface area contributed by atoms with E-state index in [9.17, 15) is 13.2 Å². The molecule has 2 aliphatic rings. The first-order chi connectivity index (χ1) is 9.98. The Morgan fingerprint density at radius 3 is 2.86 bits per heavy atom. The Bertz CT molecular complexity index is 648. The van der Waals surface area contributed by atoms with Gasteiger partial charge < -0.3 is 5.11 Å². The van der Waals surface area contributed by atoms with Gasteiger partial charge in [-0.05, 0) is 38.0 Å². The van der Waals surface area contributed by atoms with E-state index < -0.39 is 22.5 Å². The molecule has 1 fully saturated rings. The highest BCUT2D eigenvalue weighted by Gasteiger charge is 2.35. The van der Waals surface area contributed by atoms with Crippen LogP contribution in [-0.2, 0) is 27.8 Å². The Morgan fingerprint density at radius 2 is 2.19 bits per heavy atom. The van der Waals surface area contributed by atoms with Gasteiger partial charge in [0.05, 0.1) is 11.9 Å². The van der Waals surface area contributed by atoms with Crippen molar-refractivity contribution in [2.45, 2.75) is 43.5 Å². The molecule has 1 N–H and O–H groups in total. The summed E-state index contributed by atoms with van der Waals surface area (Å²) < 4.78 is 28.4. The predicted molar refractivity (Wildman–Crippen MR) is 74.3 cm³/mol. The molecule has 0 bridgehead atoms. The lowest BCUT2D eigenvalue weighted by Crippen LogP contribution is -2.37. The minimum Gasteiger partial charge on any atom is -0.480 e. The lowest BCUT2D eigenvalue weighted by atomic mass is 10.1. The SMILES string of the molecule is O=C(O)CN(CC1CC1)S(=O)(=O)c1cnn2c1CCCC2. The standard InChI is InChI=1S/C13H19N3O4S/c17-13(18)9-15(8-10-4-5-10)21(19,20)12-7-14-16-6-2-1-3-11(12)16/h7,10H,1-6,8-9H2,(H,17,18). The Labute approximate surface area is 123 Å². The molecule has 3 rings (SSSR count). The van der Waals surface area contributed by atoms with Gasteiger partial charge in [0.2, 0.25) is 10.0 Å². The fraction of sp³-hybridized carbons (Fsp3) is 0.692. The molecule has 116 valence electrons. The van der Waals surface area contributed by atoms with Crippen molar-refractivity contribution in [1.29, 1.82) is 0 Å². The maximum atomic E-state index is 12.8. The molecule has 0 saturated heterocycles. The van der Waals surface area contributed by atoms with Crippen molar-refractivity contribution < 1.29 is 18.3 Å². The molecule has 0 amide bonds. The summed E-state index contributed by atoms with van der Waals surface area (Å²) in [6.45, 7) is 0.537. The van der Waals surface area contributed by atoms with Crippen LogP contribution >= 0.6 is 0 Å². The smallest absolute Gasteiger partial charge is 0.318 e. The number of aliphatic carboxylic acids is 1. The fourth-order valence-corrected chi connectivity index (χ4v) is 4.39. The molecule has 0 radical (unpaired) electrons. The van der Waals surface area contributed by atoms with Crippen LogP contribution in [0.25, 0.3) is 0 Å². The first kappa shape index (κ1) is 14.5. The molecule has 0 aromatic carbocycles. The summed E-state index contributed by atoms with van der Waals surface area (Å²) in [6.07, 6.45) is 5.93. The molecular formula is C13H19N3O4S. The van der Waals surface area contributed by atoms with Crippen molar-refractivity contribution in [2.75, 3.05) is 13.1 Å². The van der Waals surface area contributed by atoms with Crippen LogP contribution in [0.5, 0.6) is 0 Å². The summed E-state index contributed by atoms with van der Waals surface area (Å²) in [4.78, 5) is 11.2. The van der Waals surface area contributed by atoms with E-state index in [4.69, 9.17) is 5.11 Å². The van der Waals surface area contributed by atoms with Gasteiger partial charge in [0.15, 0.2) is 0 Å². The van der Waals surface area contributed by atoms with Crippen molar-refractivity contribution in [3.63, 3.8) is 0 Å². The second kappa shape index (κ2) is 5.42. The maximum Gasteiger partial charge on any atom is 0.318 e. The molecule has 1 aliphatic carbocycles. The average molecular weight is 313 g/mol. The molecule has 0 atom stereocenters. The Kier molecular flexibility index (Phi) is 3.75. The highest BCUT2D eigenvalue weighted by Crippen LogP contribution is 2.32. The number of aromatic nitrogens is 2. The molecule has 1 aromatic heterocycles. The summed E-state index contributed by atoms with van der Waals surface area (Å²) in [5.74, 6) is -0.828. The second-order valence-electron chi connectivity index (χ2n) is 5.77. The maximum absolute atomic E-state index is 12.8. The van der Waals surface area contributed by atoms with E-state index in [0.717, 1.165) is 36.5 Å². The number of hydrogen-bond acceptors (Lipinski definition) is 4. The van der Waals surface area contributed by atoms with E-state index in [2.05, 4.69) is 5.10 Å². The van der Waals surface area contributed by atoms with Crippen molar-refractivity contribution in [2.24, 2.45) is 5.92 Å². The van der Waals surface area contributed by atoms with Gasteiger partial charge in [-0.2, -0.15) is 9.40 Å². The Balaban J connectivity index is 1.92. The molecule has 8 heteroatoms. The third kappa shape index (κ3) is 2.96. The van der Waals surface area contributed by atoms with E-state index in [1.165, 1.54) is 6.20 Å². The van der Waals surface area contributed by atoms with Crippen LogP contribution in [-0.4, -0.2) is 46.7 Å². The highest BCUT2D eigenvalue weighted by atomic mass is 32.2. The number of carboxylic acid groups (broad SMARTS) is 1. The van der Waals surface area contributed by atoms with Crippen LogP contribution in [0.1, 0.15) is 31.4 Å². The van der Waals surface area contributed by atoms with Gasteiger partial charge in [0.1, 0.15) is 11.4 Å². The van der Waals surface area contributed by atoms with Crippen molar-refractivity contribution in [3.05, 3.63) is 11.9 Å². The van der Waals surface area contributed by atoms with Gasteiger partial charge in [0.25, 0.3) is 0 Å². The van der Waals surface area contributed by atoms with E-state index in [1.54, 1.807) is 4.68 Å². The van der Waals surface area contributed by atoms with Gasteiger partial charge in [0, 0.05) is 13.1 Å². The molecule has 7 nitrogen and oxygen atoms in total. The molecule has 21 heavy (non-hydrogen) atoms. The lowest BCUT2D eigenvalue weighted by molar-refractivity contribution is -0.137. The largest absolute Gasteiger partial charge is 0.480 e. The number of carbonyl (C=O) groups is 1. The quantitative estimate of drug-likeness (QED) is 0.835. The number of fused-ring (bicyclic) bond motifs is 1. The van der Waals surface area contributed by atoms with E-state index >= 15 is 0 Å². The number of sulfonamides is 1. The molecule has 0 spiro atoms. The van der Waals surface area contributed by atoms with Crippen LogP contribution in [0.4, 0.5) is 0 Å². The molecule has 2 heterocycles. The zero-order valence-electron chi connectivity index (χ0n) is 11.7. The van der Waals surface area contributed by atoms with Crippen LogP contribution in [0, 0.1) is 5.92 Å². The van der Waals surface area contributed by atoms with Crippen LogP contribution < -0.4 is 0 Å². The zero-order valence-corrected chi connectivity index (χ0v) is 12.5. The Hall–Kier alpha value is -1.41. The summed E-state index contributed by atoms with van der Waals surface area (Å²) in [5, 5.41) is 13.1. The summed E-state index contributed by atoms with van der Waals surface area (Å²) in [7, 11) is -3.78. The average Bonchev–Trinajstić information content (AvgIpc) is 3.13. The van der Waals surface area contributed by atoms with Crippen molar-refractivity contribution in [1.82, 2.24) is 14.1 Å². The minimum atomic E-state index is -3.78. The van der Waals surface area contributed by atoms with E-state index in [-0.39, 0.29) is 4.90 Å².